The standard InChI is InChI=1S/C12H13N3OS/c16-9-4-5-10-8(6-9)2-1-3-11(10)14-12-15-13-7-17-12/h4-7,11,16H,1-3H2,(H,14,15). The van der Waals surface area contributed by atoms with E-state index in [0.717, 1.165) is 24.4 Å². The van der Waals surface area contributed by atoms with Gasteiger partial charge in [-0.25, -0.2) is 0 Å². The first-order chi connectivity index (χ1) is 8.33. The number of nitrogens with one attached hydrogen (secondary N) is 1. The van der Waals surface area contributed by atoms with Gasteiger partial charge in [-0.05, 0) is 42.5 Å². The Balaban J connectivity index is 1.89. The lowest BCUT2D eigenvalue weighted by Gasteiger charge is -2.26. The van der Waals surface area contributed by atoms with Crippen LogP contribution in [0.5, 0.6) is 5.75 Å². The van der Waals surface area contributed by atoms with Gasteiger partial charge in [-0.2, -0.15) is 0 Å². The molecule has 0 spiro atoms. The molecule has 0 fully saturated rings. The molecule has 4 nitrogen and oxygen atoms in total. The van der Waals surface area contributed by atoms with Gasteiger partial charge in [0.25, 0.3) is 0 Å². The number of hydrogen-bond acceptors (Lipinski definition) is 5. The zero-order valence-corrected chi connectivity index (χ0v) is 10.1. The smallest absolute Gasteiger partial charge is 0.205 e. The van der Waals surface area contributed by atoms with Crippen LogP contribution in [-0.4, -0.2) is 15.3 Å². The first-order valence-corrected chi connectivity index (χ1v) is 6.55. The molecule has 0 radical (unpaired) electrons. The van der Waals surface area contributed by atoms with Crippen LogP contribution < -0.4 is 5.32 Å². The van der Waals surface area contributed by atoms with Gasteiger partial charge in [0.05, 0.1) is 6.04 Å². The topological polar surface area (TPSA) is 58.0 Å². The van der Waals surface area contributed by atoms with Gasteiger partial charge in [0, 0.05) is 0 Å². The quantitative estimate of drug-likeness (QED) is 0.856. The number of aromatic nitrogens is 2. The summed E-state index contributed by atoms with van der Waals surface area (Å²) < 4.78 is 0. The zero-order chi connectivity index (χ0) is 11.7. The van der Waals surface area contributed by atoms with Gasteiger partial charge in [0.1, 0.15) is 11.3 Å². The number of hydrogen-bond donors (Lipinski definition) is 2. The highest BCUT2D eigenvalue weighted by Gasteiger charge is 2.20. The number of rotatable bonds is 2. The third-order valence-corrected chi connectivity index (χ3v) is 3.72. The fraction of sp³-hybridized carbons (Fsp3) is 0.333. The van der Waals surface area contributed by atoms with E-state index in [1.54, 1.807) is 11.6 Å². The van der Waals surface area contributed by atoms with Crippen LogP contribution in [0.1, 0.15) is 30.0 Å². The Morgan fingerprint density at radius 2 is 2.35 bits per heavy atom. The van der Waals surface area contributed by atoms with Crippen LogP contribution in [0.3, 0.4) is 0 Å². The number of nitrogens with zero attached hydrogens (tertiary/aromatic N) is 2. The number of anilines is 1. The maximum absolute atomic E-state index is 9.49. The Morgan fingerprint density at radius 3 is 3.18 bits per heavy atom. The molecule has 0 amide bonds. The van der Waals surface area contributed by atoms with Crippen molar-refractivity contribution in [3.05, 3.63) is 34.8 Å². The van der Waals surface area contributed by atoms with E-state index in [4.69, 9.17) is 0 Å². The van der Waals surface area contributed by atoms with E-state index in [9.17, 15) is 5.11 Å². The van der Waals surface area contributed by atoms with Gasteiger partial charge in [0.15, 0.2) is 0 Å². The van der Waals surface area contributed by atoms with E-state index in [1.807, 2.05) is 12.1 Å². The van der Waals surface area contributed by atoms with Crippen molar-refractivity contribution in [1.29, 1.82) is 0 Å². The van der Waals surface area contributed by atoms with Crippen LogP contribution in [0.25, 0.3) is 0 Å². The van der Waals surface area contributed by atoms with Gasteiger partial charge >= 0.3 is 0 Å². The minimum Gasteiger partial charge on any atom is -0.508 e. The maximum Gasteiger partial charge on any atom is 0.205 e. The summed E-state index contributed by atoms with van der Waals surface area (Å²) in [5, 5.41) is 21.6. The van der Waals surface area contributed by atoms with Crippen LogP contribution in [0, 0.1) is 0 Å². The van der Waals surface area contributed by atoms with Crippen molar-refractivity contribution >= 4 is 16.5 Å². The Labute approximate surface area is 103 Å². The average molecular weight is 247 g/mol. The number of aromatic hydroxyl groups is 1. The highest BCUT2D eigenvalue weighted by atomic mass is 32.1. The minimum absolute atomic E-state index is 0.285. The summed E-state index contributed by atoms with van der Waals surface area (Å²) in [7, 11) is 0. The second-order valence-corrected chi connectivity index (χ2v) is 5.05. The van der Waals surface area contributed by atoms with Gasteiger partial charge in [-0.15, -0.1) is 10.2 Å². The normalized spacial score (nSPS) is 18.7. The molecule has 1 atom stereocenters. The Hall–Kier alpha value is -1.62. The van der Waals surface area contributed by atoms with Gasteiger partial charge in [-0.1, -0.05) is 17.4 Å². The summed E-state index contributed by atoms with van der Waals surface area (Å²) in [4.78, 5) is 0. The summed E-state index contributed by atoms with van der Waals surface area (Å²) in [6.45, 7) is 0. The first kappa shape index (κ1) is 10.5. The van der Waals surface area contributed by atoms with E-state index in [-0.39, 0.29) is 6.04 Å². The van der Waals surface area contributed by atoms with Gasteiger partial charge < -0.3 is 10.4 Å². The molecule has 2 N–H and O–H groups in total. The average Bonchev–Trinajstić information content (AvgIpc) is 2.82. The SMILES string of the molecule is Oc1ccc2c(c1)CCCC2Nc1nncs1. The number of benzene rings is 1. The number of phenolic OH excluding ortho intramolecular Hbond substituents is 1. The Morgan fingerprint density at radius 1 is 1.41 bits per heavy atom. The van der Waals surface area contributed by atoms with Crippen molar-refractivity contribution in [3.63, 3.8) is 0 Å². The predicted molar refractivity (Wildman–Crippen MR) is 67.3 cm³/mol. The van der Waals surface area contributed by atoms with Crippen molar-refractivity contribution in [2.75, 3.05) is 5.32 Å². The second kappa shape index (κ2) is 4.33. The van der Waals surface area contributed by atoms with Crippen molar-refractivity contribution in [1.82, 2.24) is 10.2 Å². The van der Waals surface area contributed by atoms with Crippen LogP contribution in [-0.2, 0) is 6.42 Å². The van der Waals surface area contributed by atoms with Gasteiger partial charge in [-0.3, -0.25) is 0 Å². The Bertz CT molecular complexity index is 512. The molecule has 1 unspecified atom stereocenters. The number of aryl methyl sites for hydroxylation is 1. The number of fused-ring (bicyclic) bond motifs is 1. The lowest BCUT2D eigenvalue weighted by Crippen LogP contribution is -2.17. The molecule has 1 aliphatic carbocycles. The lowest BCUT2D eigenvalue weighted by atomic mass is 9.87. The highest BCUT2D eigenvalue weighted by Crippen LogP contribution is 2.34. The van der Waals surface area contributed by atoms with Crippen molar-refractivity contribution in [2.24, 2.45) is 0 Å². The van der Waals surface area contributed by atoms with Crippen molar-refractivity contribution in [2.45, 2.75) is 25.3 Å². The molecule has 0 saturated carbocycles. The highest BCUT2D eigenvalue weighted by molar-refractivity contribution is 7.13. The number of phenols is 1. The lowest BCUT2D eigenvalue weighted by molar-refractivity contribution is 0.472. The molecule has 0 aliphatic heterocycles. The molecule has 0 saturated heterocycles. The van der Waals surface area contributed by atoms with E-state index in [0.29, 0.717) is 5.75 Å². The summed E-state index contributed by atoms with van der Waals surface area (Å²) in [6.07, 6.45) is 3.27. The van der Waals surface area contributed by atoms with Crippen LogP contribution in [0.4, 0.5) is 5.13 Å². The van der Waals surface area contributed by atoms with Gasteiger partial charge in [0.2, 0.25) is 5.13 Å². The molecule has 3 rings (SSSR count). The third-order valence-electron chi connectivity index (χ3n) is 3.10. The molecule has 1 aromatic heterocycles. The van der Waals surface area contributed by atoms with Crippen molar-refractivity contribution < 1.29 is 5.11 Å². The van der Waals surface area contributed by atoms with Crippen LogP contribution in [0.15, 0.2) is 23.7 Å². The fourth-order valence-electron chi connectivity index (χ4n) is 2.34. The molecular weight excluding hydrogens is 234 g/mol. The van der Waals surface area contributed by atoms with E-state index < -0.39 is 0 Å². The molecule has 1 aromatic carbocycles. The summed E-state index contributed by atoms with van der Waals surface area (Å²) in [5.74, 6) is 0.348. The molecule has 2 aromatic rings. The predicted octanol–water partition coefficient (Wildman–Crippen LogP) is 2.73. The Kier molecular flexibility index (Phi) is 2.68. The van der Waals surface area contributed by atoms with E-state index >= 15 is 0 Å². The molecular formula is C12H13N3OS. The van der Waals surface area contributed by atoms with E-state index in [1.165, 1.54) is 22.5 Å². The molecule has 0 bridgehead atoms. The maximum atomic E-state index is 9.49. The summed E-state index contributed by atoms with van der Waals surface area (Å²) in [6, 6.07) is 5.90. The second-order valence-electron chi connectivity index (χ2n) is 4.22. The molecule has 5 heteroatoms. The molecule has 1 heterocycles. The fourth-order valence-corrected chi connectivity index (χ4v) is 2.83. The summed E-state index contributed by atoms with van der Waals surface area (Å²) >= 11 is 1.51. The first-order valence-electron chi connectivity index (χ1n) is 5.67. The molecule has 88 valence electrons. The summed E-state index contributed by atoms with van der Waals surface area (Å²) in [5.41, 5.74) is 4.23. The van der Waals surface area contributed by atoms with Crippen LogP contribution in [0.2, 0.25) is 0 Å². The largest absolute Gasteiger partial charge is 0.508 e. The molecule has 1 aliphatic rings. The monoisotopic (exact) mass is 247 g/mol. The molecule has 17 heavy (non-hydrogen) atoms. The minimum atomic E-state index is 0.285. The zero-order valence-electron chi connectivity index (χ0n) is 9.26. The van der Waals surface area contributed by atoms with E-state index in [2.05, 4.69) is 15.5 Å². The third kappa shape index (κ3) is 2.10. The van der Waals surface area contributed by atoms with Crippen LogP contribution >= 0.6 is 11.3 Å². The van der Waals surface area contributed by atoms with Crippen molar-refractivity contribution in [3.8, 4) is 5.75 Å².